The highest BCUT2D eigenvalue weighted by Gasteiger charge is 2.18. The van der Waals surface area contributed by atoms with Crippen LogP contribution in [0.2, 0.25) is 0 Å². The lowest BCUT2D eigenvalue weighted by atomic mass is 10.0. The topological polar surface area (TPSA) is 43.1 Å². The van der Waals surface area contributed by atoms with E-state index in [1.807, 2.05) is 72.0 Å². The maximum Gasteiger partial charge on any atom is 0.164 e. The van der Waals surface area contributed by atoms with Gasteiger partial charge in [0.05, 0.1) is 15.7 Å². The van der Waals surface area contributed by atoms with Gasteiger partial charge in [0.15, 0.2) is 17.5 Å². The third-order valence-corrected chi connectivity index (χ3v) is 8.42. The van der Waals surface area contributed by atoms with Crippen molar-refractivity contribution in [2.45, 2.75) is 0 Å². The molecular formula is C35H22N4S. The van der Waals surface area contributed by atoms with Crippen molar-refractivity contribution in [2.75, 3.05) is 0 Å². The summed E-state index contributed by atoms with van der Waals surface area (Å²) in [6.45, 7) is 0. The van der Waals surface area contributed by atoms with Crippen LogP contribution in [0.25, 0.3) is 71.2 Å². The van der Waals surface area contributed by atoms with Crippen LogP contribution in [0.1, 0.15) is 0 Å². The zero-order chi connectivity index (χ0) is 26.5. The van der Waals surface area contributed by atoms with Gasteiger partial charge in [0.1, 0.15) is 4.83 Å². The van der Waals surface area contributed by atoms with Crippen molar-refractivity contribution in [1.29, 1.82) is 0 Å². The van der Waals surface area contributed by atoms with E-state index in [-0.39, 0.29) is 0 Å². The smallest absolute Gasteiger partial charge is 0.164 e. The van der Waals surface area contributed by atoms with Crippen molar-refractivity contribution < 1.29 is 0 Å². The molecule has 0 saturated heterocycles. The normalized spacial score (nSPS) is 11.5. The zero-order valence-electron chi connectivity index (χ0n) is 21.4. The minimum Gasteiger partial charge on any atom is -0.299 e. The van der Waals surface area contributed by atoms with Crippen LogP contribution in [0, 0.1) is 0 Å². The lowest BCUT2D eigenvalue weighted by Crippen LogP contribution is -2.00. The highest BCUT2D eigenvalue weighted by atomic mass is 32.1. The Morgan fingerprint density at radius 2 is 0.900 bits per heavy atom. The van der Waals surface area contributed by atoms with Crippen LogP contribution in [0.3, 0.4) is 0 Å². The SMILES string of the molecule is c1ccc(-c2nc(-c3ccccc3)nc(-c3ccc(-c4c5ccccc5n5c4sc4ccccc45)cc3)n2)cc1. The van der Waals surface area contributed by atoms with E-state index in [2.05, 4.69) is 77.2 Å². The Labute approximate surface area is 234 Å². The zero-order valence-corrected chi connectivity index (χ0v) is 22.2. The van der Waals surface area contributed by atoms with E-state index in [1.165, 1.54) is 37.1 Å². The number of hydrogen-bond acceptors (Lipinski definition) is 4. The molecule has 0 aliphatic heterocycles. The first kappa shape index (κ1) is 22.8. The first-order chi connectivity index (χ1) is 19.8. The largest absolute Gasteiger partial charge is 0.299 e. The first-order valence-electron chi connectivity index (χ1n) is 13.2. The average Bonchev–Trinajstić information content (AvgIpc) is 3.56. The third kappa shape index (κ3) is 3.71. The molecule has 4 nitrogen and oxygen atoms in total. The van der Waals surface area contributed by atoms with Gasteiger partial charge in [0, 0.05) is 27.6 Å². The van der Waals surface area contributed by atoms with E-state index in [9.17, 15) is 0 Å². The molecule has 3 heterocycles. The molecule has 0 N–H and O–H groups in total. The maximum atomic E-state index is 4.90. The van der Waals surface area contributed by atoms with Crippen molar-refractivity contribution in [3.05, 3.63) is 133 Å². The number of aromatic nitrogens is 4. The Morgan fingerprint density at radius 1 is 0.425 bits per heavy atom. The van der Waals surface area contributed by atoms with E-state index in [0.29, 0.717) is 17.5 Å². The highest BCUT2D eigenvalue weighted by molar-refractivity contribution is 7.24. The van der Waals surface area contributed by atoms with Crippen LogP contribution in [-0.2, 0) is 0 Å². The van der Waals surface area contributed by atoms with Crippen molar-refractivity contribution in [2.24, 2.45) is 0 Å². The number of para-hydroxylation sites is 2. The average molecular weight is 531 g/mol. The minimum atomic E-state index is 0.660. The van der Waals surface area contributed by atoms with Gasteiger partial charge in [0.25, 0.3) is 0 Å². The van der Waals surface area contributed by atoms with Gasteiger partial charge in [-0.3, -0.25) is 4.40 Å². The molecule has 40 heavy (non-hydrogen) atoms. The van der Waals surface area contributed by atoms with Gasteiger partial charge in [-0.2, -0.15) is 0 Å². The molecule has 0 fully saturated rings. The minimum absolute atomic E-state index is 0.660. The lowest BCUT2D eigenvalue weighted by Gasteiger charge is -2.09. The van der Waals surface area contributed by atoms with Crippen LogP contribution < -0.4 is 0 Å². The van der Waals surface area contributed by atoms with Crippen molar-refractivity contribution >= 4 is 37.3 Å². The van der Waals surface area contributed by atoms with E-state index in [0.717, 1.165) is 16.7 Å². The summed E-state index contributed by atoms with van der Waals surface area (Å²) in [7, 11) is 0. The molecule has 0 bridgehead atoms. The van der Waals surface area contributed by atoms with Crippen LogP contribution in [0.15, 0.2) is 133 Å². The van der Waals surface area contributed by atoms with Crippen LogP contribution in [0.5, 0.6) is 0 Å². The lowest BCUT2D eigenvalue weighted by molar-refractivity contribution is 1.07. The van der Waals surface area contributed by atoms with Gasteiger partial charge in [-0.1, -0.05) is 115 Å². The van der Waals surface area contributed by atoms with Crippen molar-refractivity contribution in [1.82, 2.24) is 19.4 Å². The maximum absolute atomic E-state index is 4.90. The quantitative estimate of drug-likeness (QED) is 0.228. The number of benzene rings is 5. The molecule has 0 unspecified atom stereocenters. The molecular weight excluding hydrogens is 508 g/mol. The number of hydrogen-bond donors (Lipinski definition) is 0. The summed E-state index contributed by atoms with van der Waals surface area (Å²) in [6, 6.07) is 46.1. The Bertz CT molecular complexity index is 2090. The van der Waals surface area contributed by atoms with Crippen molar-refractivity contribution in [3.8, 4) is 45.3 Å². The Morgan fingerprint density at radius 3 is 1.52 bits per heavy atom. The Kier molecular flexibility index (Phi) is 5.28. The second-order valence-corrected chi connectivity index (χ2v) is 10.7. The molecule has 5 aromatic carbocycles. The highest BCUT2D eigenvalue weighted by Crippen LogP contribution is 2.42. The number of rotatable bonds is 4. The molecule has 0 atom stereocenters. The van der Waals surface area contributed by atoms with Gasteiger partial charge < -0.3 is 0 Å². The van der Waals surface area contributed by atoms with Gasteiger partial charge >= 0.3 is 0 Å². The first-order valence-corrected chi connectivity index (χ1v) is 14.0. The predicted molar refractivity (Wildman–Crippen MR) is 165 cm³/mol. The Hall–Kier alpha value is -5.13. The van der Waals surface area contributed by atoms with Gasteiger partial charge in [-0.05, 0) is 23.8 Å². The standard InChI is InChI=1S/C35H22N4S/c1-3-11-24(12-4-1)32-36-33(25-13-5-2-6-14-25)38-34(37-32)26-21-19-23(20-22-26)31-27-15-7-8-16-28(27)39-29-17-9-10-18-30(29)40-35(31)39/h1-22H. The summed E-state index contributed by atoms with van der Waals surface area (Å²) in [5.74, 6) is 1.99. The third-order valence-electron chi connectivity index (χ3n) is 7.28. The van der Waals surface area contributed by atoms with E-state index in [1.54, 1.807) is 0 Å². The summed E-state index contributed by atoms with van der Waals surface area (Å²) in [5, 5.41) is 1.25. The second-order valence-electron chi connectivity index (χ2n) is 9.72. The van der Waals surface area contributed by atoms with Gasteiger partial charge in [-0.15, -0.1) is 11.3 Å². The second kappa shape index (κ2) is 9.26. The van der Waals surface area contributed by atoms with E-state index in [4.69, 9.17) is 15.0 Å². The molecule has 0 saturated carbocycles. The van der Waals surface area contributed by atoms with E-state index < -0.39 is 0 Å². The molecule has 8 aromatic rings. The monoisotopic (exact) mass is 530 g/mol. The molecule has 8 rings (SSSR count). The van der Waals surface area contributed by atoms with Gasteiger partial charge in [-0.25, -0.2) is 15.0 Å². The fourth-order valence-corrected chi connectivity index (χ4v) is 6.62. The fraction of sp³-hybridized carbons (Fsp3) is 0. The van der Waals surface area contributed by atoms with E-state index >= 15 is 0 Å². The number of thiazole rings is 1. The van der Waals surface area contributed by atoms with Crippen molar-refractivity contribution in [3.63, 3.8) is 0 Å². The summed E-state index contributed by atoms with van der Waals surface area (Å²) in [5.41, 5.74) is 7.79. The molecule has 5 heteroatoms. The number of nitrogens with zero attached hydrogens (tertiary/aromatic N) is 4. The predicted octanol–water partition coefficient (Wildman–Crippen LogP) is 9.16. The summed E-state index contributed by atoms with van der Waals surface area (Å²) >= 11 is 1.84. The summed E-state index contributed by atoms with van der Waals surface area (Å²) in [4.78, 5) is 15.9. The molecule has 0 aliphatic carbocycles. The molecule has 3 aromatic heterocycles. The molecule has 0 amide bonds. The Balaban J connectivity index is 1.28. The summed E-state index contributed by atoms with van der Waals surface area (Å²) < 4.78 is 3.68. The van der Waals surface area contributed by atoms with Crippen LogP contribution in [-0.4, -0.2) is 19.4 Å². The molecule has 188 valence electrons. The van der Waals surface area contributed by atoms with Crippen LogP contribution >= 0.6 is 11.3 Å². The molecule has 0 radical (unpaired) electrons. The summed E-state index contributed by atoms with van der Waals surface area (Å²) in [6.07, 6.45) is 0. The number of fused-ring (bicyclic) bond motifs is 5. The van der Waals surface area contributed by atoms with Gasteiger partial charge in [0.2, 0.25) is 0 Å². The molecule has 0 aliphatic rings. The fourth-order valence-electron chi connectivity index (χ4n) is 5.39. The van der Waals surface area contributed by atoms with Crippen LogP contribution in [0.4, 0.5) is 0 Å². The molecule has 0 spiro atoms.